The van der Waals surface area contributed by atoms with Crippen molar-refractivity contribution >= 4 is 21.8 Å². The molecule has 6 heteroatoms. The fourth-order valence-electron chi connectivity index (χ4n) is 3.86. The molecule has 0 N–H and O–H groups in total. The van der Waals surface area contributed by atoms with E-state index >= 15 is 0 Å². The van der Waals surface area contributed by atoms with E-state index in [9.17, 15) is 0 Å². The van der Waals surface area contributed by atoms with E-state index in [-0.39, 0.29) is 0 Å². The van der Waals surface area contributed by atoms with Gasteiger partial charge in [-0.15, -0.1) is 0 Å². The zero-order chi connectivity index (χ0) is 21.6. The van der Waals surface area contributed by atoms with Crippen LogP contribution in [0, 0.1) is 0 Å². The molecule has 2 aromatic heterocycles. The zero-order valence-corrected chi connectivity index (χ0v) is 18.9. The van der Waals surface area contributed by atoms with Gasteiger partial charge in [-0.2, -0.15) is 4.57 Å². The number of halogens is 1. The summed E-state index contributed by atoms with van der Waals surface area (Å²) in [5, 5.41) is 2.63. The lowest BCUT2D eigenvalue weighted by Crippen LogP contribution is -4.05. The fraction of sp³-hybridized carbons (Fsp3) is 0.0800. The lowest BCUT2D eigenvalue weighted by molar-refractivity contribution is -1.73. The monoisotopic (exact) mass is 524 g/mol. The molecule has 0 saturated carbocycles. The summed E-state index contributed by atoms with van der Waals surface area (Å²) in [5.74, 6) is 0. The summed E-state index contributed by atoms with van der Waals surface area (Å²) in [7, 11) is 0. The highest BCUT2D eigenvalue weighted by atomic mass is 127. The van der Waals surface area contributed by atoms with Crippen LogP contribution in [0.4, 0.5) is 0 Å². The van der Waals surface area contributed by atoms with Crippen molar-refractivity contribution in [3.8, 4) is 0 Å². The summed E-state index contributed by atoms with van der Waals surface area (Å²) >= 11 is -4.01. The maximum atomic E-state index is 8.57. The Bertz CT molecular complexity index is 1270. The first-order valence-corrected chi connectivity index (χ1v) is 12.5. The second-order valence-electron chi connectivity index (χ2n) is 7.18. The summed E-state index contributed by atoms with van der Waals surface area (Å²) in [6.07, 6.45) is 4.47. The quantitative estimate of drug-likeness (QED) is 0.215. The number of rotatable bonds is 4. The van der Waals surface area contributed by atoms with E-state index in [2.05, 4.69) is 113 Å². The van der Waals surface area contributed by atoms with Crippen molar-refractivity contribution in [2.45, 2.75) is 13.1 Å². The highest BCUT2D eigenvalue weighted by Gasteiger charge is 2.14. The van der Waals surface area contributed by atoms with Gasteiger partial charge in [-0.1, -0.05) is 78.9 Å². The molecule has 5 aromatic rings. The molecule has 0 atom stereocenters. The van der Waals surface area contributed by atoms with Gasteiger partial charge in [0.15, 0.2) is 18.9 Å². The van der Waals surface area contributed by atoms with E-state index in [1.165, 1.54) is 32.9 Å². The molecule has 3 aromatic carbocycles. The topological polar surface area (TPSA) is 78.0 Å². The van der Waals surface area contributed by atoms with Gasteiger partial charge in [-0.3, -0.25) is 0 Å². The molecular formula is C25H21IN2O3. The molecule has 5 rings (SSSR count). The van der Waals surface area contributed by atoms with E-state index in [0.717, 1.165) is 13.1 Å². The largest absolute Gasteiger partial charge is 0.427 e. The minimum Gasteiger partial charge on any atom is -0.427 e. The van der Waals surface area contributed by atoms with Crippen molar-refractivity contribution in [1.82, 2.24) is 4.57 Å². The molecule has 2 heterocycles. The number of para-hydroxylation sites is 1. The fourth-order valence-corrected chi connectivity index (χ4v) is 3.86. The molecule has 0 aliphatic rings. The average Bonchev–Trinajstić information content (AvgIpc) is 3.08. The van der Waals surface area contributed by atoms with E-state index in [4.69, 9.17) is 10.3 Å². The normalized spacial score (nSPS) is 11.0. The van der Waals surface area contributed by atoms with E-state index in [1.54, 1.807) is 0 Å². The van der Waals surface area contributed by atoms with Crippen molar-refractivity contribution in [3.63, 3.8) is 0 Å². The Labute approximate surface area is 189 Å². The van der Waals surface area contributed by atoms with Gasteiger partial charge in [0.2, 0.25) is 0 Å². The third-order valence-corrected chi connectivity index (χ3v) is 5.16. The Kier molecular flexibility index (Phi) is 6.93. The van der Waals surface area contributed by atoms with Crippen molar-refractivity contribution in [1.29, 1.82) is 0 Å². The van der Waals surface area contributed by atoms with E-state index in [0.29, 0.717) is 0 Å². The van der Waals surface area contributed by atoms with E-state index < -0.39 is 21.1 Å². The molecule has 31 heavy (non-hydrogen) atoms. The van der Waals surface area contributed by atoms with Crippen LogP contribution >= 0.6 is 0 Å². The van der Waals surface area contributed by atoms with E-state index in [1.807, 2.05) is 0 Å². The lowest BCUT2D eigenvalue weighted by atomic mass is 10.2. The van der Waals surface area contributed by atoms with Crippen LogP contribution in [0.3, 0.4) is 0 Å². The van der Waals surface area contributed by atoms with Crippen LogP contribution in [0.25, 0.3) is 21.8 Å². The highest BCUT2D eigenvalue weighted by Crippen LogP contribution is 2.28. The molecule has 0 spiro atoms. The number of nitrogens with zero attached hydrogens (tertiary/aromatic N) is 2. The molecular weight excluding hydrogens is 503 g/mol. The first kappa shape index (κ1) is 21.5. The number of hydrogen-bond acceptors (Lipinski definition) is 3. The minimum absolute atomic E-state index is 0.875. The van der Waals surface area contributed by atoms with Gasteiger partial charge in [0.1, 0.15) is 5.52 Å². The summed E-state index contributed by atoms with van der Waals surface area (Å²) < 4.78 is 30.4. The minimum atomic E-state index is -4.01. The van der Waals surface area contributed by atoms with Crippen LogP contribution in [0.15, 0.2) is 103 Å². The molecule has 0 bridgehead atoms. The maximum Gasteiger partial charge on any atom is 0.282 e. The first-order chi connectivity index (χ1) is 15.1. The molecule has 156 valence electrons. The summed E-state index contributed by atoms with van der Waals surface area (Å²) in [6, 6.07) is 32.2. The molecule has 0 aliphatic carbocycles. The predicted octanol–water partition coefficient (Wildman–Crippen LogP) is -1.38. The third-order valence-electron chi connectivity index (χ3n) is 5.16. The van der Waals surface area contributed by atoms with Crippen LogP contribution in [0.1, 0.15) is 11.1 Å². The van der Waals surface area contributed by atoms with Crippen LogP contribution in [0.5, 0.6) is 0 Å². The zero-order valence-electron chi connectivity index (χ0n) is 16.7. The van der Waals surface area contributed by atoms with Crippen molar-refractivity contribution in [2.75, 3.05) is 0 Å². The Morgan fingerprint density at radius 1 is 0.645 bits per heavy atom. The van der Waals surface area contributed by atoms with Gasteiger partial charge in [-0.25, -0.2) is 0 Å². The molecule has 5 nitrogen and oxygen atoms in total. The van der Waals surface area contributed by atoms with Crippen LogP contribution in [0.2, 0.25) is 0 Å². The second kappa shape index (κ2) is 10.0. The van der Waals surface area contributed by atoms with Crippen molar-refractivity contribution < 1.29 is 35.9 Å². The smallest absolute Gasteiger partial charge is 0.282 e. The van der Waals surface area contributed by atoms with Gasteiger partial charge >= 0.3 is 0 Å². The Morgan fingerprint density at radius 2 is 1.19 bits per heavy atom. The third kappa shape index (κ3) is 5.29. The predicted molar refractivity (Wildman–Crippen MR) is 111 cm³/mol. The SMILES string of the molecule is [O-][I+2]([O-])[O-].c1ccc(Cn2c3ccccc3c3cc[n+](Cc4ccccc4)cc32)cc1. The number of aromatic nitrogens is 2. The number of hydrogen-bond donors (Lipinski definition) is 0. The Morgan fingerprint density at radius 3 is 1.87 bits per heavy atom. The van der Waals surface area contributed by atoms with Crippen molar-refractivity contribution in [2.24, 2.45) is 0 Å². The first-order valence-electron chi connectivity index (χ1n) is 9.83. The Hall–Kier alpha value is -2.78. The molecule has 0 amide bonds. The summed E-state index contributed by atoms with van der Waals surface area (Å²) in [4.78, 5) is 0. The number of fused-ring (bicyclic) bond motifs is 3. The van der Waals surface area contributed by atoms with Gasteiger partial charge in [0.05, 0.1) is 0 Å². The standard InChI is InChI=1S/C25H21N2.IO3/c1-3-9-20(10-4-1)17-26-16-15-23-22-13-7-8-14-24(22)27(25(23)19-26)18-21-11-5-2-6-12-21;2-1(3)4/h1-16,19H,17-18H2;/q+1;-1. The number of pyridine rings is 1. The highest BCUT2D eigenvalue weighted by molar-refractivity contribution is 6.07. The number of benzene rings is 3. The molecule has 0 unspecified atom stereocenters. The Balaban J connectivity index is 0.000000535. The average molecular weight is 524 g/mol. The maximum absolute atomic E-state index is 8.57. The van der Waals surface area contributed by atoms with Crippen LogP contribution < -0.4 is 35.9 Å². The van der Waals surface area contributed by atoms with Crippen molar-refractivity contribution in [3.05, 3.63) is 115 Å². The van der Waals surface area contributed by atoms with Gasteiger partial charge in [-0.05, 0) is 11.6 Å². The molecule has 0 saturated heterocycles. The second-order valence-corrected chi connectivity index (χ2v) is 8.26. The summed E-state index contributed by atoms with van der Waals surface area (Å²) in [6.45, 7) is 1.75. The lowest BCUT2D eigenvalue weighted by Gasteiger charge is -2.07. The van der Waals surface area contributed by atoms with Gasteiger partial charge < -0.3 is 14.9 Å². The van der Waals surface area contributed by atoms with Crippen LogP contribution in [-0.2, 0) is 13.1 Å². The van der Waals surface area contributed by atoms with Gasteiger partial charge in [0, 0.05) is 34.5 Å². The van der Waals surface area contributed by atoms with Gasteiger partial charge in [0.25, 0.3) is 21.1 Å². The molecule has 0 fully saturated rings. The molecule has 0 radical (unpaired) electrons. The molecule has 0 aliphatic heterocycles. The summed E-state index contributed by atoms with van der Waals surface area (Å²) in [5.41, 5.74) is 5.19. The van der Waals surface area contributed by atoms with Crippen LogP contribution in [-0.4, -0.2) is 4.57 Å².